The SMILES string of the molecule is Cc1cc(C)c(N2CCN(c3c(C)cc(C)cc3C)[C]2=[Ru]([Cl])([Cl])=[CH]c2ccccc2)c(C)c1.c1ccc([PH+](c2ccccc2)c2ccccc2)cc1. The molecule has 1 saturated heterocycles. The van der Waals surface area contributed by atoms with Gasteiger partial charge in [-0.2, -0.15) is 0 Å². The number of anilines is 2. The summed E-state index contributed by atoms with van der Waals surface area (Å²) in [7, 11) is 13.9. The minimum Gasteiger partial charge on any atom is -0.0620 e. The van der Waals surface area contributed by atoms with Crippen molar-refractivity contribution in [3.63, 3.8) is 0 Å². The maximum Gasteiger partial charge on any atom is 0.102 e. The average molecular weight is 832 g/mol. The van der Waals surface area contributed by atoms with Gasteiger partial charge in [-0.05, 0) is 36.4 Å². The summed E-state index contributed by atoms with van der Waals surface area (Å²) >= 11 is -3.44. The second-order valence-corrected chi connectivity index (χ2v) is 25.2. The molecular weight excluding hydrogens is 783 g/mol. The van der Waals surface area contributed by atoms with Gasteiger partial charge < -0.3 is 0 Å². The number of aryl methyl sites for hydroxylation is 6. The molecule has 0 spiro atoms. The fraction of sp³-hybridized carbons (Fsp3) is 0.174. The van der Waals surface area contributed by atoms with Crippen LogP contribution in [0, 0.1) is 41.5 Å². The second-order valence-electron chi connectivity index (χ2n) is 13.5. The van der Waals surface area contributed by atoms with Gasteiger partial charge in [0.2, 0.25) is 0 Å². The summed E-state index contributed by atoms with van der Waals surface area (Å²) in [5.74, 6) is 0. The van der Waals surface area contributed by atoms with Crippen LogP contribution >= 0.6 is 27.3 Å². The predicted molar refractivity (Wildman–Crippen MR) is 231 cm³/mol. The van der Waals surface area contributed by atoms with Gasteiger partial charge in [-0.15, -0.1) is 0 Å². The number of nitrogens with zero attached hydrogens (tertiary/aromatic N) is 2. The minimum absolute atomic E-state index is 0.859. The first-order valence-electron chi connectivity index (χ1n) is 17.7. The number of benzene rings is 6. The summed E-state index contributed by atoms with van der Waals surface area (Å²) in [6, 6.07) is 51.7. The van der Waals surface area contributed by atoms with E-state index in [2.05, 4.69) is 183 Å². The van der Waals surface area contributed by atoms with E-state index in [-0.39, 0.29) is 0 Å². The van der Waals surface area contributed by atoms with E-state index in [1.54, 1.807) is 0 Å². The Balaban J connectivity index is 0.000000206. The van der Waals surface area contributed by atoms with Gasteiger partial charge in [0, 0.05) is 0 Å². The number of halogens is 2. The van der Waals surface area contributed by atoms with Crippen molar-refractivity contribution in [1.29, 1.82) is 0 Å². The van der Waals surface area contributed by atoms with Gasteiger partial charge in [-0.3, -0.25) is 0 Å². The summed E-state index contributed by atoms with van der Waals surface area (Å²) in [4.78, 5) is 4.79. The van der Waals surface area contributed by atoms with E-state index in [4.69, 9.17) is 19.4 Å². The molecule has 268 valence electrons. The number of hydrogen-bond acceptors (Lipinski definition) is 2. The molecule has 0 atom stereocenters. The Morgan fingerprint density at radius 2 is 0.788 bits per heavy atom. The first kappa shape index (κ1) is 38.0. The molecule has 0 radical (unpaired) electrons. The monoisotopic (exact) mass is 831 g/mol. The first-order chi connectivity index (χ1) is 25.0. The van der Waals surface area contributed by atoms with Crippen molar-refractivity contribution in [3.05, 3.63) is 185 Å². The normalized spacial score (nSPS) is 13.2. The third-order valence-electron chi connectivity index (χ3n) is 9.23. The summed E-state index contributed by atoms with van der Waals surface area (Å²) < 4.78 is 3.18. The van der Waals surface area contributed by atoms with E-state index in [9.17, 15) is 0 Å². The van der Waals surface area contributed by atoms with Crippen LogP contribution < -0.4 is 25.7 Å². The van der Waals surface area contributed by atoms with Crippen molar-refractivity contribution in [2.75, 3.05) is 22.9 Å². The molecule has 6 aromatic rings. The Bertz CT molecular complexity index is 2050. The van der Waals surface area contributed by atoms with Crippen molar-refractivity contribution in [2.24, 2.45) is 0 Å². The Labute approximate surface area is 322 Å². The summed E-state index contributed by atoms with van der Waals surface area (Å²) in [5.41, 5.74) is 11.1. The van der Waals surface area contributed by atoms with Gasteiger partial charge in [0.1, 0.15) is 15.9 Å². The van der Waals surface area contributed by atoms with Crippen LogP contribution in [0.3, 0.4) is 0 Å². The molecule has 6 aromatic carbocycles. The third-order valence-corrected chi connectivity index (χ3v) is 17.5. The first-order valence-corrected chi connectivity index (χ1v) is 25.5. The smallest absolute Gasteiger partial charge is 0.0620 e. The molecule has 0 bridgehead atoms. The van der Waals surface area contributed by atoms with Crippen molar-refractivity contribution < 1.29 is 11.9 Å². The molecule has 0 N–H and O–H groups in total. The van der Waals surface area contributed by atoms with Gasteiger partial charge >= 0.3 is 210 Å². The molecule has 6 heteroatoms. The fourth-order valence-corrected chi connectivity index (χ4v) is 16.1. The average Bonchev–Trinajstić information content (AvgIpc) is 3.54. The molecule has 1 aliphatic rings. The summed E-state index contributed by atoms with van der Waals surface area (Å²) in [5, 5.41) is 4.31. The molecule has 7 rings (SSSR count). The van der Waals surface area contributed by atoms with Crippen molar-refractivity contribution in [2.45, 2.75) is 41.5 Å². The van der Waals surface area contributed by atoms with Crippen LogP contribution in [-0.2, 0) is 11.9 Å². The van der Waals surface area contributed by atoms with Gasteiger partial charge in [-0.1, -0.05) is 54.6 Å². The van der Waals surface area contributed by atoms with Crippen LogP contribution in [0.25, 0.3) is 0 Å². The molecule has 1 heterocycles. The Morgan fingerprint density at radius 3 is 1.12 bits per heavy atom. The zero-order valence-corrected chi connectivity index (χ0v) is 35.1. The predicted octanol–water partition coefficient (Wildman–Crippen LogP) is 10.4. The molecule has 2 nitrogen and oxygen atoms in total. The van der Waals surface area contributed by atoms with Gasteiger partial charge in [0.05, 0.1) is 7.92 Å². The zero-order chi connectivity index (χ0) is 36.8. The van der Waals surface area contributed by atoms with Crippen LogP contribution in [0.1, 0.15) is 38.9 Å². The van der Waals surface area contributed by atoms with Crippen LogP contribution in [0.15, 0.2) is 146 Å². The molecular formula is C46H48Cl2N2PRu+. The molecule has 52 heavy (non-hydrogen) atoms. The standard InChI is InChI=1S/C21H26N2.C18H15P.C7H6.2ClH.Ru/c1-14-9-16(3)20(17(4)10-14)22-7-8-23(13-22)21-18(5)11-15(2)12-19(21)6;1-4-10-16(11-5-1)19(17-12-6-2-7-13-17)18-14-8-3-9-15-18;1-7-5-3-2-4-6-7;;;/h9-12H,7-8H2,1-6H3;1-15H;1-6H;2*1H;/q;;;;;+2/p-1. The molecule has 0 amide bonds. The van der Waals surface area contributed by atoms with Crippen LogP contribution in [-0.4, -0.2) is 22.1 Å². The van der Waals surface area contributed by atoms with Crippen LogP contribution in [0.2, 0.25) is 0 Å². The van der Waals surface area contributed by atoms with Gasteiger partial charge in [0.15, 0.2) is 0 Å². The van der Waals surface area contributed by atoms with Gasteiger partial charge in [-0.25, -0.2) is 0 Å². The van der Waals surface area contributed by atoms with E-state index in [1.165, 1.54) is 60.7 Å². The third kappa shape index (κ3) is 8.73. The van der Waals surface area contributed by atoms with Crippen molar-refractivity contribution >= 4 is 63.6 Å². The Hall–Kier alpha value is -3.71. The minimum atomic E-state index is -3.44. The van der Waals surface area contributed by atoms with Crippen molar-refractivity contribution in [1.82, 2.24) is 0 Å². The van der Waals surface area contributed by atoms with Gasteiger partial charge in [0.25, 0.3) is 0 Å². The molecule has 1 aliphatic heterocycles. The van der Waals surface area contributed by atoms with E-state index < -0.39 is 19.8 Å². The topological polar surface area (TPSA) is 6.48 Å². The zero-order valence-electron chi connectivity index (χ0n) is 30.9. The van der Waals surface area contributed by atoms with E-state index in [0.29, 0.717) is 0 Å². The molecule has 0 aromatic heterocycles. The Morgan fingerprint density at radius 1 is 0.481 bits per heavy atom. The quantitative estimate of drug-likeness (QED) is 0.122. The summed E-state index contributed by atoms with van der Waals surface area (Å²) in [6.45, 7) is 14.8. The Kier molecular flexibility index (Phi) is 12.4. The van der Waals surface area contributed by atoms with Crippen LogP contribution in [0.5, 0.6) is 0 Å². The number of rotatable bonds is 6. The molecule has 1 fully saturated rings. The second kappa shape index (κ2) is 17.0. The van der Waals surface area contributed by atoms with E-state index in [0.717, 1.165) is 23.0 Å². The molecule has 0 saturated carbocycles. The summed E-state index contributed by atoms with van der Waals surface area (Å²) in [6.07, 6.45) is 0. The van der Waals surface area contributed by atoms with Crippen molar-refractivity contribution in [3.8, 4) is 0 Å². The molecule has 0 unspecified atom stereocenters. The fourth-order valence-electron chi connectivity index (χ4n) is 7.41. The van der Waals surface area contributed by atoms with E-state index >= 15 is 0 Å². The maximum absolute atomic E-state index is 7.40. The van der Waals surface area contributed by atoms with Crippen LogP contribution in [0.4, 0.5) is 11.4 Å². The van der Waals surface area contributed by atoms with E-state index in [1.807, 2.05) is 18.2 Å². The molecule has 0 aliphatic carbocycles. The largest absolute Gasteiger partial charge is 0.102 e. The maximum atomic E-state index is 7.40. The number of hydrogen-bond donors (Lipinski definition) is 0.